The van der Waals surface area contributed by atoms with Gasteiger partial charge in [0.1, 0.15) is 0 Å². The largest absolute Gasteiger partial charge is 0.370 e. The Bertz CT molecular complexity index is 461. The molecule has 0 amide bonds. The number of nitrogens with two attached hydrogens (primary N) is 2. The number of guanidine groups is 1. The minimum absolute atomic E-state index is 0. The number of rotatable bonds is 4. The molecule has 0 aromatic heterocycles. The van der Waals surface area contributed by atoms with Crippen molar-refractivity contribution in [3.8, 4) is 0 Å². The molecule has 0 aliphatic carbocycles. The van der Waals surface area contributed by atoms with E-state index in [-0.39, 0.29) is 55.6 Å². The maximum atomic E-state index is 5.38. The van der Waals surface area contributed by atoms with Gasteiger partial charge in [-0.1, -0.05) is 24.3 Å². The van der Waals surface area contributed by atoms with Crippen LogP contribution in [0.5, 0.6) is 0 Å². The number of nitrogens with one attached hydrogen (secondary N) is 2. The summed E-state index contributed by atoms with van der Waals surface area (Å²) in [6.45, 7) is 7.80. The van der Waals surface area contributed by atoms with Crippen LogP contribution in [-0.2, 0) is 13.1 Å². The van der Waals surface area contributed by atoms with Gasteiger partial charge in [-0.25, -0.2) is 4.99 Å². The van der Waals surface area contributed by atoms with Crippen molar-refractivity contribution in [1.29, 1.82) is 0 Å². The van der Waals surface area contributed by atoms with Crippen molar-refractivity contribution >= 4 is 55.6 Å². The van der Waals surface area contributed by atoms with E-state index in [4.69, 9.17) is 11.5 Å². The third-order valence-corrected chi connectivity index (χ3v) is 3.53. The van der Waals surface area contributed by atoms with E-state index in [0.29, 0.717) is 6.54 Å². The van der Waals surface area contributed by atoms with Gasteiger partial charge in [0.05, 0.1) is 6.54 Å². The normalized spacial score (nSPS) is 14.7. The Labute approximate surface area is 175 Å². The third kappa shape index (κ3) is 12.5. The molecule has 1 saturated heterocycles. The predicted molar refractivity (Wildman–Crippen MR) is 116 cm³/mol. The monoisotopic (exact) mass is 434 g/mol. The Morgan fingerprint density at radius 2 is 1.48 bits per heavy atom. The summed E-state index contributed by atoms with van der Waals surface area (Å²) in [5.74, 6) is 0.137. The molecule has 1 fully saturated rings. The molecule has 0 unspecified atom stereocenters. The van der Waals surface area contributed by atoms with Crippen LogP contribution >= 0.6 is 49.6 Å². The lowest BCUT2D eigenvalue weighted by atomic mass is 10.1. The van der Waals surface area contributed by atoms with Crippen molar-refractivity contribution in [3.05, 3.63) is 35.4 Å². The van der Waals surface area contributed by atoms with E-state index in [0.717, 1.165) is 51.4 Å². The highest BCUT2D eigenvalue weighted by Gasteiger charge is 2.07. The maximum absolute atomic E-state index is 5.38. The summed E-state index contributed by atoms with van der Waals surface area (Å²) < 4.78 is 0. The first-order valence-electron chi connectivity index (χ1n) is 7.51. The number of hydrogen-bond acceptors (Lipinski definition) is 4. The van der Waals surface area contributed by atoms with Crippen LogP contribution in [0.1, 0.15) is 11.1 Å². The zero-order valence-electron chi connectivity index (χ0n) is 14.1. The van der Waals surface area contributed by atoms with Crippen molar-refractivity contribution in [1.82, 2.24) is 15.5 Å². The fourth-order valence-electron chi connectivity index (χ4n) is 2.44. The third-order valence-electron chi connectivity index (χ3n) is 3.53. The fourth-order valence-corrected chi connectivity index (χ4v) is 2.44. The summed E-state index contributed by atoms with van der Waals surface area (Å²) in [6.07, 6.45) is 0. The molecule has 0 bridgehead atoms. The molecule has 0 radical (unpaired) electrons. The van der Waals surface area contributed by atoms with Crippen LogP contribution in [0, 0.1) is 0 Å². The van der Waals surface area contributed by atoms with Gasteiger partial charge in [0.25, 0.3) is 0 Å². The van der Waals surface area contributed by atoms with Crippen LogP contribution in [0.25, 0.3) is 0 Å². The first-order valence-corrected chi connectivity index (χ1v) is 7.51. The molecule has 25 heavy (non-hydrogen) atoms. The van der Waals surface area contributed by atoms with E-state index in [2.05, 4.69) is 44.8 Å². The second-order valence-corrected chi connectivity index (χ2v) is 5.34. The molecule has 0 atom stereocenters. The van der Waals surface area contributed by atoms with E-state index in [9.17, 15) is 0 Å². The van der Waals surface area contributed by atoms with Crippen molar-refractivity contribution < 1.29 is 0 Å². The van der Waals surface area contributed by atoms with Gasteiger partial charge >= 0.3 is 0 Å². The van der Waals surface area contributed by atoms with Gasteiger partial charge in [0.2, 0.25) is 0 Å². The summed E-state index contributed by atoms with van der Waals surface area (Å²) in [4.78, 5) is 6.52. The Hall–Kier alpha value is -0.470. The van der Waals surface area contributed by atoms with Gasteiger partial charge in [0.15, 0.2) is 5.96 Å². The van der Waals surface area contributed by atoms with Crippen LogP contribution in [0.2, 0.25) is 0 Å². The van der Waals surface area contributed by atoms with Crippen LogP contribution in [0.15, 0.2) is 29.3 Å². The van der Waals surface area contributed by atoms with E-state index < -0.39 is 0 Å². The standard InChI is InChI=1S/C15H26N6.4ClH/c16-15(17)20-11-13-2-1-3-14(10-13)12-21-8-6-18-4-5-19-7-9-21;;;;/h1-3,10,18-19H,4-9,11-12H2,(H4,16,17,20);4*1H. The Morgan fingerprint density at radius 1 is 0.920 bits per heavy atom. The molecular weight excluding hydrogens is 406 g/mol. The SMILES string of the molecule is Cl.Cl.Cl.Cl.NC(N)=NCc1cccc(CN2CCNCCNCC2)c1. The molecular formula is C15H30Cl4N6. The summed E-state index contributed by atoms with van der Waals surface area (Å²) >= 11 is 0. The topological polar surface area (TPSA) is 91.7 Å². The molecule has 10 heteroatoms. The number of nitrogens with zero attached hydrogens (tertiary/aromatic N) is 2. The lowest BCUT2D eigenvalue weighted by Crippen LogP contribution is -2.33. The van der Waals surface area contributed by atoms with Gasteiger partial charge in [-0.05, 0) is 11.1 Å². The first-order chi connectivity index (χ1) is 10.2. The van der Waals surface area contributed by atoms with Crippen LogP contribution < -0.4 is 22.1 Å². The average molecular weight is 436 g/mol. The Morgan fingerprint density at radius 3 is 2.04 bits per heavy atom. The number of hydrogen-bond donors (Lipinski definition) is 4. The minimum Gasteiger partial charge on any atom is -0.370 e. The maximum Gasteiger partial charge on any atom is 0.186 e. The zero-order valence-corrected chi connectivity index (χ0v) is 17.4. The second kappa shape index (κ2) is 17.0. The highest BCUT2D eigenvalue weighted by Crippen LogP contribution is 2.09. The van der Waals surface area contributed by atoms with Crippen molar-refractivity contribution in [2.75, 3.05) is 39.3 Å². The first kappa shape index (κ1) is 29.3. The lowest BCUT2D eigenvalue weighted by Gasteiger charge is -2.21. The molecule has 6 N–H and O–H groups in total. The van der Waals surface area contributed by atoms with E-state index in [1.54, 1.807) is 0 Å². The molecule has 1 heterocycles. The summed E-state index contributed by atoms with van der Waals surface area (Å²) in [5, 5.41) is 6.87. The van der Waals surface area contributed by atoms with Crippen molar-refractivity contribution in [3.63, 3.8) is 0 Å². The lowest BCUT2D eigenvalue weighted by molar-refractivity contribution is 0.272. The molecule has 1 aromatic carbocycles. The molecule has 1 aliphatic heterocycles. The minimum atomic E-state index is 0. The highest BCUT2D eigenvalue weighted by molar-refractivity contribution is 5.86. The highest BCUT2D eigenvalue weighted by atomic mass is 35.5. The van der Waals surface area contributed by atoms with E-state index in [1.807, 2.05) is 0 Å². The molecule has 6 nitrogen and oxygen atoms in total. The molecule has 148 valence electrons. The predicted octanol–water partition coefficient (Wildman–Crippen LogP) is 1.14. The fraction of sp³-hybridized carbons (Fsp3) is 0.533. The molecule has 1 aliphatic rings. The average Bonchev–Trinajstić information content (AvgIpc) is 2.60. The van der Waals surface area contributed by atoms with Gasteiger partial charge in [-0.15, -0.1) is 49.6 Å². The number of aliphatic imine (C=N–C) groups is 1. The number of halogens is 4. The zero-order chi connectivity index (χ0) is 14.9. The van der Waals surface area contributed by atoms with Crippen LogP contribution in [0.4, 0.5) is 0 Å². The van der Waals surface area contributed by atoms with Crippen LogP contribution in [0.3, 0.4) is 0 Å². The Balaban J connectivity index is -0.00000121. The Kier molecular flexibility index (Phi) is 19.9. The van der Waals surface area contributed by atoms with Gasteiger partial charge in [-0.3, -0.25) is 4.90 Å². The van der Waals surface area contributed by atoms with E-state index in [1.165, 1.54) is 5.56 Å². The molecule has 0 spiro atoms. The molecule has 2 rings (SSSR count). The van der Waals surface area contributed by atoms with Crippen molar-refractivity contribution in [2.45, 2.75) is 13.1 Å². The van der Waals surface area contributed by atoms with Gasteiger partial charge < -0.3 is 22.1 Å². The van der Waals surface area contributed by atoms with Crippen LogP contribution in [-0.4, -0.2) is 50.1 Å². The number of benzene rings is 1. The summed E-state index contributed by atoms with van der Waals surface area (Å²) in [5.41, 5.74) is 13.2. The quantitative estimate of drug-likeness (QED) is 0.420. The van der Waals surface area contributed by atoms with Gasteiger partial charge in [0, 0.05) is 45.8 Å². The summed E-state index contributed by atoms with van der Waals surface area (Å²) in [6, 6.07) is 8.46. The summed E-state index contributed by atoms with van der Waals surface area (Å²) in [7, 11) is 0. The second-order valence-electron chi connectivity index (χ2n) is 5.34. The van der Waals surface area contributed by atoms with Crippen molar-refractivity contribution in [2.24, 2.45) is 16.5 Å². The molecule has 1 aromatic rings. The molecule has 0 saturated carbocycles. The smallest absolute Gasteiger partial charge is 0.186 e. The van der Waals surface area contributed by atoms with Gasteiger partial charge in [-0.2, -0.15) is 0 Å². The van der Waals surface area contributed by atoms with E-state index >= 15 is 0 Å².